The second-order valence-electron chi connectivity index (χ2n) is 6.54. The van der Waals surface area contributed by atoms with E-state index in [1.807, 2.05) is 24.3 Å². The molecule has 138 valence electrons. The van der Waals surface area contributed by atoms with Crippen molar-refractivity contribution in [1.29, 1.82) is 0 Å². The predicted octanol–water partition coefficient (Wildman–Crippen LogP) is 4.96. The van der Waals surface area contributed by atoms with Crippen molar-refractivity contribution >= 4 is 34.8 Å². The standard InChI is InChI=1S/C20H16Cl3N3O/c21-14-4-1-12(2-5-14)19-24-18-7-8-26(11-16(18)20(27)25-19)10-13-3-6-15(22)9-17(13)23/h1-6,9H,7-8,10-11H2,(H,24,25,27). The Morgan fingerprint density at radius 2 is 1.78 bits per heavy atom. The average Bonchev–Trinajstić information content (AvgIpc) is 2.65. The molecule has 1 N–H and O–H groups in total. The third kappa shape index (κ3) is 4.04. The van der Waals surface area contributed by atoms with Crippen LogP contribution in [0.25, 0.3) is 11.4 Å². The van der Waals surface area contributed by atoms with Crippen LogP contribution in [-0.2, 0) is 19.5 Å². The van der Waals surface area contributed by atoms with Gasteiger partial charge in [-0.05, 0) is 42.0 Å². The summed E-state index contributed by atoms with van der Waals surface area (Å²) in [7, 11) is 0. The summed E-state index contributed by atoms with van der Waals surface area (Å²) in [5.41, 5.74) is 3.30. The summed E-state index contributed by atoms with van der Waals surface area (Å²) in [6, 6.07) is 12.8. The summed E-state index contributed by atoms with van der Waals surface area (Å²) in [6.45, 7) is 2.01. The SMILES string of the molecule is O=c1[nH]c(-c2ccc(Cl)cc2)nc2c1CN(Cc1ccc(Cl)cc1Cl)CC2. The number of fused-ring (bicyclic) bond motifs is 1. The third-order valence-corrected chi connectivity index (χ3v) is 5.51. The van der Waals surface area contributed by atoms with Gasteiger partial charge < -0.3 is 4.98 Å². The maximum Gasteiger partial charge on any atom is 0.255 e. The molecule has 7 heteroatoms. The fourth-order valence-corrected chi connectivity index (χ4v) is 3.85. The van der Waals surface area contributed by atoms with E-state index in [-0.39, 0.29) is 5.56 Å². The maximum absolute atomic E-state index is 12.6. The number of rotatable bonds is 3. The monoisotopic (exact) mass is 419 g/mol. The lowest BCUT2D eigenvalue weighted by Crippen LogP contribution is -2.35. The number of aromatic nitrogens is 2. The smallest absolute Gasteiger partial charge is 0.255 e. The highest BCUT2D eigenvalue weighted by atomic mass is 35.5. The zero-order valence-electron chi connectivity index (χ0n) is 14.3. The number of H-pyrrole nitrogens is 1. The van der Waals surface area contributed by atoms with E-state index in [2.05, 4.69) is 14.9 Å². The fourth-order valence-electron chi connectivity index (χ4n) is 3.25. The first-order chi connectivity index (χ1) is 13.0. The van der Waals surface area contributed by atoms with Crippen LogP contribution < -0.4 is 5.56 Å². The molecule has 0 aliphatic carbocycles. The second kappa shape index (κ2) is 7.64. The molecular weight excluding hydrogens is 405 g/mol. The van der Waals surface area contributed by atoms with Crippen LogP contribution in [0.2, 0.25) is 15.1 Å². The maximum atomic E-state index is 12.6. The molecule has 0 saturated carbocycles. The zero-order chi connectivity index (χ0) is 19.0. The first kappa shape index (κ1) is 18.5. The molecule has 3 aromatic rings. The van der Waals surface area contributed by atoms with Crippen LogP contribution in [0, 0.1) is 0 Å². The van der Waals surface area contributed by atoms with Gasteiger partial charge in [0.05, 0.1) is 11.3 Å². The van der Waals surface area contributed by atoms with Gasteiger partial charge in [0.15, 0.2) is 0 Å². The van der Waals surface area contributed by atoms with E-state index in [9.17, 15) is 4.79 Å². The first-order valence-corrected chi connectivity index (χ1v) is 9.67. The van der Waals surface area contributed by atoms with Gasteiger partial charge in [-0.2, -0.15) is 0 Å². The average molecular weight is 421 g/mol. The molecule has 0 radical (unpaired) electrons. The Bertz CT molecular complexity index is 1050. The molecular formula is C20H16Cl3N3O. The van der Waals surface area contributed by atoms with Crippen LogP contribution in [0.4, 0.5) is 0 Å². The van der Waals surface area contributed by atoms with Crippen molar-refractivity contribution in [2.24, 2.45) is 0 Å². The number of aromatic amines is 1. The lowest BCUT2D eigenvalue weighted by atomic mass is 10.1. The molecule has 0 bridgehead atoms. The highest BCUT2D eigenvalue weighted by molar-refractivity contribution is 6.35. The van der Waals surface area contributed by atoms with Crippen LogP contribution in [0.5, 0.6) is 0 Å². The lowest BCUT2D eigenvalue weighted by molar-refractivity contribution is 0.242. The number of benzene rings is 2. The van der Waals surface area contributed by atoms with Crippen molar-refractivity contribution in [3.05, 3.63) is 84.7 Å². The van der Waals surface area contributed by atoms with Crippen molar-refractivity contribution in [2.45, 2.75) is 19.5 Å². The van der Waals surface area contributed by atoms with E-state index in [0.29, 0.717) is 46.0 Å². The summed E-state index contributed by atoms with van der Waals surface area (Å²) in [6.07, 6.45) is 0.713. The Hall–Kier alpha value is -1.85. The van der Waals surface area contributed by atoms with Crippen molar-refractivity contribution in [3.8, 4) is 11.4 Å². The molecule has 0 unspecified atom stereocenters. The predicted molar refractivity (Wildman–Crippen MR) is 110 cm³/mol. The first-order valence-electron chi connectivity index (χ1n) is 8.54. The molecule has 1 aliphatic rings. The molecule has 1 aliphatic heterocycles. The number of hydrogen-bond donors (Lipinski definition) is 1. The van der Waals surface area contributed by atoms with Gasteiger partial charge in [0, 0.05) is 46.7 Å². The van der Waals surface area contributed by atoms with E-state index >= 15 is 0 Å². The van der Waals surface area contributed by atoms with Gasteiger partial charge in [0.1, 0.15) is 5.82 Å². The number of nitrogens with one attached hydrogen (secondary N) is 1. The Labute approximate surface area is 171 Å². The molecule has 4 nitrogen and oxygen atoms in total. The molecule has 2 aromatic carbocycles. The van der Waals surface area contributed by atoms with Gasteiger partial charge in [-0.3, -0.25) is 9.69 Å². The highest BCUT2D eigenvalue weighted by Crippen LogP contribution is 2.25. The Kier molecular flexibility index (Phi) is 5.24. The lowest BCUT2D eigenvalue weighted by Gasteiger charge is -2.28. The number of nitrogens with zero attached hydrogens (tertiary/aromatic N) is 2. The van der Waals surface area contributed by atoms with E-state index in [0.717, 1.165) is 23.4 Å². The summed E-state index contributed by atoms with van der Waals surface area (Å²) >= 11 is 18.2. The summed E-state index contributed by atoms with van der Waals surface area (Å²) in [5.74, 6) is 0.574. The third-order valence-electron chi connectivity index (χ3n) is 4.67. The van der Waals surface area contributed by atoms with E-state index in [1.165, 1.54) is 0 Å². The zero-order valence-corrected chi connectivity index (χ0v) is 16.6. The van der Waals surface area contributed by atoms with E-state index in [4.69, 9.17) is 34.8 Å². The molecule has 0 saturated heterocycles. The summed E-state index contributed by atoms with van der Waals surface area (Å²) in [5, 5.41) is 1.90. The molecule has 0 fully saturated rings. The van der Waals surface area contributed by atoms with Crippen LogP contribution in [0.15, 0.2) is 47.3 Å². The minimum Gasteiger partial charge on any atom is -0.306 e. The van der Waals surface area contributed by atoms with Crippen LogP contribution in [0.1, 0.15) is 16.8 Å². The Morgan fingerprint density at radius 1 is 1.04 bits per heavy atom. The van der Waals surface area contributed by atoms with Gasteiger partial charge >= 0.3 is 0 Å². The van der Waals surface area contributed by atoms with Crippen LogP contribution in [0.3, 0.4) is 0 Å². The van der Waals surface area contributed by atoms with Crippen molar-refractivity contribution < 1.29 is 0 Å². The Morgan fingerprint density at radius 3 is 2.52 bits per heavy atom. The normalized spacial score (nSPS) is 14.2. The summed E-state index contributed by atoms with van der Waals surface area (Å²) in [4.78, 5) is 22.4. The topological polar surface area (TPSA) is 49.0 Å². The van der Waals surface area contributed by atoms with Crippen LogP contribution >= 0.6 is 34.8 Å². The van der Waals surface area contributed by atoms with Crippen molar-refractivity contribution in [1.82, 2.24) is 14.9 Å². The molecule has 0 atom stereocenters. The van der Waals surface area contributed by atoms with Crippen LogP contribution in [-0.4, -0.2) is 21.4 Å². The minimum atomic E-state index is -0.100. The van der Waals surface area contributed by atoms with Gasteiger partial charge in [-0.25, -0.2) is 4.98 Å². The molecule has 1 aromatic heterocycles. The fraction of sp³-hybridized carbons (Fsp3) is 0.200. The molecule has 4 rings (SSSR count). The van der Waals surface area contributed by atoms with Gasteiger partial charge in [-0.1, -0.05) is 40.9 Å². The summed E-state index contributed by atoms with van der Waals surface area (Å²) < 4.78 is 0. The largest absolute Gasteiger partial charge is 0.306 e. The minimum absolute atomic E-state index is 0.100. The molecule has 27 heavy (non-hydrogen) atoms. The van der Waals surface area contributed by atoms with Crippen molar-refractivity contribution in [3.63, 3.8) is 0 Å². The van der Waals surface area contributed by atoms with Gasteiger partial charge in [0.2, 0.25) is 0 Å². The molecule has 0 spiro atoms. The number of halogens is 3. The van der Waals surface area contributed by atoms with E-state index in [1.54, 1.807) is 18.2 Å². The molecule has 0 amide bonds. The second-order valence-corrected chi connectivity index (χ2v) is 7.82. The van der Waals surface area contributed by atoms with Gasteiger partial charge in [-0.15, -0.1) is 0 Å². The van der Waals surface area contributed by atoms with Crippen molar-refractivity contribution in [2.75, 3.05) is 6.54 Å². The number of hydrogen-bond acceptors (Lipinski definition) is 3. The Balaban J connectivity index is 1.58. The van der Waals surface area contributed by atoms with Gasteiger partial charge in [0.25, 0.3) is 5.56 Å². The highest BCUT2D eigenvalue weighted by Gasteiger charge is 2.22. The van der Waals surface area contributed by atoms with E-state index < -0.39 is 0 Å². The molecule has 2 heterocycles. The quantitative estimate of drug-likeness (QED) is 0.652.